The number of carbonyl (C=O) groups excluding carboxylic acids is 2. The molecule has 0 bridgehead atoms. The second-order valence-corrected chi connectivity index (χ2v) is 13.9. The Morgan fingerprint density at radius 3 is 2.21 bits per heavy atom. The van der Waals surface area contributed by atoms with Crippen molar-refractivity contribution in [3.8, 4) is 0 Å². The van der Waals surface area contributed by atoms with E-state index in [1.54, 1.807) is 39.0 Å². The van der Waals surface area contributed by atoms with Crippen molar-refractivity contribution < 1.29 is 45.4 Å². The van der Waals surface area contributed by atoms with Crippen LogP contribution in [0.15, 0.2) is 18.2 Å². The fourth-order valence-corrected chi connectivity index (χ4v) is 7.07. The first-order valence-electron chi connectivity index (χ1n) is 15.0. The first kappa shape index (κ1) is 32.1. The van der Waals surface area contributed by atoms with Gasteiger partial charge in [-0.25, -0.2) is 4.79 Å². The Balaban J connectivity index is 1.25. The number of nitrogens with one attached hydrogen (secondary N) is 1. The van der Waals surface area contributed by atoms with Crippen LogP contribution in [0, 0.1) is 22.7 Å². The van der Waals surface area contributed by atoms with Crippen LogP contribution in [0.2, 0.25) is 0 Å². The molecule has 43 heavy (non-hydrogen) atoms. The quantitative estimate of drug-likeness (QED) is 0.284. The number of carbonyl (C=O) groups is 2. The molecular weight excluding hydrogens is 578 g/mol. The number of hydrogen-bond acceptors (Lipinski definition) is 5. The fraction of sp³-hybridized carbons (Fsp3) is 0.742. The Hall–Kier alpha value is -2.34. The van der Waals surface area contributed by atoms with E-state index in [9.17, 15) is 35.9 Å². The van der Waals surface area contributed by atoms with Crippen molar-refractivity contribution in [3.63, 3.8) is 0 Å². The molecule has 240 valence electrons. The van der Waals surface area contributed by atoms with E-state index < -0.39 is 41.2 Å². The minimum atomic E-state index is -4.54. The van der Waals surface area contributed by atoms with E-state index in [0.29, 0.717) is 42.6 Å². The van der Waals surface area contributed by atoms with Crippen LogP contribution in [0.25, 0.3) is 0 Å². The van der Waals surface area contributed by atoms with Gasteiger partial charge in [-0.2, -0.15) is 26.3 Å². The molecule has 0 aromatic heterocycles. The SMILES string of the molecule is CC(C)(C)OC(=O)c1c(COC[C@@H]2CNCC23CN(C(=O)C2(C(F)(F)F)CC2)C3)cccc1C1CCC(C(F)(F)F)CC1. The van der Waals surface area contributed by atoms with Gasteiger partial charge in [0, 0.05) is 37.5 Å². The summed E-state index contributed by atoms with van der Waals surface area (Å²) in [6, 6.07) is 5.31. The van der Waals surface area contributed by atoms with Crippen LogP contribution in [0.3, 0.4) is 0 Å². The molecule has 1 atom stereocenters. The molecule has 2 aliphatic heterocycles. The number of benzene rings is 1. The molecule has 0 unspecified atom stereocenters. The Kier molecular flexibility index (Phi) is 8.37. The van der Waals surface area contributed by atoms with Gasteiger partial charge in [-0.05, 0) is 76.3 Å². The van der Waals surface area contributed by atoms with Gasteiger partial charge in [0.2, 0.25) is 5.91 Å². The topological polar surface area (TPSA) is 67.9 Å². The molecule has 1 spiro atoms. The predicted octanol–water partition coefficient (Wildman–Crippen LogP) is 6.39. The lowest BCUT2D eigenvalue weighted by Crippen LogP contribution is -2.64. The lowest BCUT2D eigenvalue weighted by Gasteiger charge is -2.52. The van der Waals surface area contributed by atoms with Gasteiger partial charge in [0.05, 0.1) is 24.7 Å². The number of likely N-dealkylation sites (tertiary alicyclic amines) is 1. The van der Waals surface area contributed by atoms with E-state index in [2.05, 4.69) is 5.32 Å². The summed E-state index contributed by atoms with van der Waals surface area (Å²) in [6.07, 6.45) is -8.47. The number of alkyl halides is 6. The van der Waals surface area contributed by atoms with Crippen LogP contribution in [-0.4, -0.2) is 67.5 Å². The van der Waals surface area contributed by atoms with Crippen molar-refractivity contribution in [2.45, 2.75) is 89.8 Å². The molecule has 12 heteroatoms. The van der Waals surface area contributed by atoms with E-state index >= 15 is 0 Å². The average molecular weight is 619 g/mol. The zero-order chi connectivity index (χ0) is 31.4. The molecule has 5 rings (SSSR count). The minimum absolute atomic E-state index is 0.00300. The van der Waals surface area contributed by atoms with Crippen LogP contribution in [0.1, 0.15) is 86.7 Å². The Bertz CT molecular complexity index is 1210. The zero-order valence-corrected chi connectivity index (χ0v) is 24.8. The van der Waals surface area contributed by atoms with Crippen molar-refractivity contribution in [1.29, 1.82) is 0 Å². The van der Waals surface area contributed by atoms with Gasteiger partial charge in [-0.3, -0.25) is 4.79 Å². The highest BCUT2D eigenvalue weighted by Gasteiger charge is 2.71. The maximum atomic E-state index is 13.5. The molecule has 6 nitrogen and oxygen atoms in total. The average Bonchev–Trinajstić information content (AvgIpc) is 3.61. The molecule has 2 saturated heterocycles. The molecule has 2 aliphatic carbocycles. The molecule has 1 aromatic carbocycles. The van der Waals surface area contributed by atoms with Gasteiger partial charge in [0.25, 0.3) is 0 Å². The van der Waals surface area contributed by atoms with Crippen LogP contribution in [0.4, 0.5) is 26.3 Å². The molecule has 4 aliphatic rings. The number of nitrogens with zero attached hydrogens (tertiary/aromatic N) is 1. The van der Waals surface area contributed by atoms with E-state index in [-0.39, 0.29) is 69.2 Å². The zero-order valence-electron chi connectivity index (χ0n) is 24.8. The molecule has 0 radical (unpaired) electrons. The second kappa shape index (κ2) is 11.2. The van der Waals surface area contributed by atoms with Crippen molar-refractivity contribution in [1.82, 2.24) is 10.2 Å². The van der Waals surface area contributed by atoms with Gasteiger partial charge in [-0.15, -0.1) is 0 Å². The predicted molar refractivity (Wildman–Crippen MR) is 145 cm³/mol. The number of esters is 1. The van der Waals surface area contributed by atoms with Crippen LogP contribution < -0.4 is 5.32 Å². The van der Waals surface area contributed by atoms with Crippen molar-refractivity contribution >= 4 is 11.9 Å². The third-order valence-electron chi connectivity index (χ3n) is 9.73. The van der Waals surface area contributed by atoms with Gasteiger partial charge in [0.15, 0.2) is 0 Å². The number of halogens is 6. The largest absolute Gasteiger partial charge is 0.456 e. The fourth-order valence-electron chi connectivity index (χ4n) is 7.07. The number of hydrogen-bond donors (Lipinski definition) is 1. The van der Waals surface area contributed by atoms with E-state index in [0.717, 1.165) is 0 Å². The number of rotatable bonds is 7. The van der Waals surface area contributed by atoms with Gasteiger partial charge in [0.1, 0.15) is 11.0 Å². The summed E-state index contributed by atoms with van der Waals surface area (Å²) < 4.78 is 92.1. The lowest BCUT2D eigenvalue weighted by atomic mass is 9.71. The van der Waals surface area contributed by atoms with Crippen LogP contribution in [-0.2, 0) is 20.9 Å². The molecule has 1 N–H and O–H groups in total. The molecule has 4 fully saturated rings. The standard InChI is InChI=1S/C31H40F6N2O4/c1-27(2,3)43-25(40)24-20(5-4-6-23(24)19-7-9-21(10-8-19)30(32,33)34)14-42-15-22-13-38-16-28(22)17-39(18-28)26(41)29(11-12-29)31(35,36)37/h4-6,19,21-22,38H,7-18H2,1-3H3/t19?,21?,22-/m0/s1. The van der Waals surface area contributed by atoms with Crippen LogP contribution >= 0.6 is 0 Å². The van der Waals surface area contributed by atoms with Crippen molar-refractivity contribution in [2.75, 3.05) is 32.8 Å². The lowest BCUT2D eigenvalue weighted by molar-refractivity contribution is -0.205. The first-order valence-corrected chi connectivity index (χ1v) is 15.0. The molecule has 1 amide bonds. The van der Waals surface area contributed by atoms with Gasteiger partial charge in [-0.1, -0.05) is 18.2 Å². The van der Waals surface area contributed by atoms with Crippen LogP contribution in [0.5, 0.6) is 0 Å². The van der Waals surface area contributed by atoms with E-state index in [1.807, 2.05) is 0 Å². The van der Waals surface area contributed by atoms with Crippen molar-refractivity contribution in [3.05, 3.63) is 34.9 Å². The third-order valence-corrected chi connectivity index (χ3v) is 9.73. The van der Waals surface area contributed by atoms with E-state index in [4.69, 9.17) is 9.47 Å². The van der Waals surface area contributed by atoms with Gasteiger partial charge >= 0.3 is 18.3 Å². The number of amides is 1. The summed E-state index contributed by atoms with van der Waals surface area (Å²) in [5.74, 6) is -2.98. The van der Waals surface area contributed by atoms with Crippen molar-refractivity contribution in [2.24, 2.45) is 22.7 Å². The molecule has 2 saturated carbocycles. The first-order chi connectivity index (χ1) is 20.0. The summed E-state index contributed by atoms with van der Waals surface area (Å²) in [7, 11) is 0. The summed E-state index contributed by atoms with van der Waals surface area (Å²) in [4.78, 5) is 27.4. The van der Waals surface area contributed by atoms with Gasteiger partial charge < -0.3 is 19.7 Å². The minimum Gasteiger partial charge on any atom is -0.456 e. The summed E-state index contributed by atoms with van der Waals surface area (Å²) in [5, 5.41) is 3.29. The maximum absolute atomic E-state index is 13.5. The normalized spacial score (nSPS) is 26.7. The molecule has 2 heterocycles. The monoisotopic (exact) mass is 618 g/mol. The maximum Gasteiger partial charge on any atom is 0.403 e. The Labute approximate surface area is 247 Å². The highest BCUT2D eigenvalue weighted by Crippen LogP contribution is 2.60. The summed E-state index contributed by atoms with van der Waals surface area (Å²) in [5.41, 5.74) is -1.80. The van der Waals surface area contributed by atoms with E-state index in [1.165, 1.54) is 4.90 Å². The highest BCUT2D eigenvalue weighted by atomic mass is 19.4. The highest BCUT2D eigenvalue weighted by molar-refractivity contribution is 5.93. The summed E-state index contributed by atoms with van der Waals surface area (Å²) >= 11 is 0. The molecular formula is C31H40F6N2O4. The number of ether oxygens (including phenoxy) is 2. The molecule has 1 aromatic rings. The Morgan fingerprint density at radius 1 is 1.00 bits per heavy atom. The smallest absolute Gasteiger partial charge is 0.403 e. The summed E-state index contributed by atoms with van der Waals surface area (Å²) in [6.45, 7) is 7.22. The third kappa shape index (κ3) is 6.41. The Morgan fingerprint density at radius 2 is 1.65 bits per heavy atom. The second-order valence-electron chi connectivity index (χ2n) is 13.9.